The molecule has 0 radical (unpaired) electrons. The third kappa shape index (κ3) is 3.69. The number of H-pyrrole nitrogens is 1. The molecule has 4 aromatic rings. The van der Waals surface area contributed by atoms with Crippen LogP contribution in [0.5, 0.6) is 0 Å². The number of imidazole rings is 1. The second-order valence-electron chi connectivity index (χ2n) is 6.94. The molecule has 4 rings (SSSR count). The number of hydrogen-bond acceptors (Lipinski definition) is 4. The lowest BCUT2D eigenvalue weighted by Gasteiger charge is -2.12. The number of hydrogen-bond donors (Lipinski definition) is 2. The van der Waals surface area contributed by atoms with E-state index in [0.29, 0.717) is 35.2 Å². The summed E-state index contributed by atoms with van der Waals surface area (Å²) in [6, 6.07) is 15.6. The summed E-state index contributed by atoms with van der Waals surface area (Å²) in [6.07, 6.45) is 0. The predicted molar refractivity (Wildman–Crippen MR) is 115 cm³/mol. The van der Waals surface area contributed by atoms with Crippen molar-refractivity contribution >= 4 is 28.7 Å². The van der Waals surface area contributed by atoms with Gasteiger partial charge in [-0.3, -0.25) is 18.9 Å². The minimum absolute atomic E-state index is 0.317. The number of aromatic amines is 1. The summed E-state index contributed by atoms with van der Waals surface area (Å²) in [4.78, 5) is 31.5. The van der Waals surface area contributed by atoms with Gasteiger partial charge >= 0.3 is 5.69 Å². The molecule has 0 atom stereocenters. The number of nitrogens with one attached hydrogen (secondary N) is 2. The van der Waals surface area contributed by atoms with Crippen molar-refractivity contribution in [3.8, 4) is 0 Å². The lowest BCUT2D eigenvalue weighted by molar-refractivity contribution is 0.806. The fourth-order valence-electron chi connectivity index (χ4n) is 3.21. The van der Waals surface area contributed by atoms with Crippen LogP contribution >= 0.6 is 11.6 Å². The van der Waals surface area contributed by atoms with Crippen molar-refractivity contribution < 1.29 is 0 Å². The fraction of sp³-hybridized carbons (Fsp3) is 0.190. The van der Waals surface area contributed by atoms with E-state index in [9.17, 15) is 9.59 Å². The number of fused-ring (bicyclic) bond motifs is 1. The molecule has 2 N–H and O–H groups in total. The molecule has 8 heteroatoms. The van der Waals surface area contributed by atoms with Crippen LogP contribution in [-0.2, 0) is 20.1 Å². The van der Waals surface area contributed by atoms with Crippen LogP contribution in [0.1, 0.15) is 16.7 Å². The van der Waals surface area contributed by atoms with E-state index in [0.717, 1.165) is 11.1 Å². The highest BCUT2D eigenvalue weighted by molar-refractivity contribution is 6.31. The molecule has 29 heavy (non-hydrogen) atoms. The predicted octanol–water partition coefficient (Wildman–Crippen LogP) is 3.05. The summed E-state index contributed by atoms with van der Waals surface area (Å²) in [5, 5.41) is 3.89. The Labute approximate surface area is 171 Å². The van der Waals surface area contributed by atoms with Gasteiger partial charge in [-0.2, -0.15) is 4.98 Å². The summed E-state index contributed by atoms with van der Waals surface area (Å²) in [5.74, 6) is 0.493. The van der Waals surface area contributed by atoms with Crippen LogP contribution in [0.4, 0.5) is 5.95 Å². The largest absolute Gasteiger partial charge is 0.351 e. The van der Waals surface area contributed by atoms with Gasteiger partial charge in [0.05, 0.1) is 6.54 Å². The highest BCUT2D eigenvalue weighted by atomic mass is 35.5. The Morgan fingerprint density at radius 2 is 1.83 bits per heavy atom. The van der Waals surface area contributed by atoms with Gasteiger partial charge in [-0.05, 0) is 24.1 Å². The fourth-order valence-corrected chi connectivity index (χ4v) is 3.40. The van der Waals surface area contributed by atoms with Gasteiger partial charge in [0.1, 0.15) is 0 Å². The summed E-state index contributed by atoms with van der Waals surface area (Å²) >= 11 is 6.33. The first-order valence-corrected chi connectivity index (χ1v) is 9.54. The topological polar surface area (TPSA) is 84.7 Å². The second kappa shape index (κ2) is 7.60. The van der Waals surface area contributed by atoms with Gasteiger partial charge < -0.3 is 5.32 Å². The first kappa shape index (κ1) is 19.0. The molecule has 0 spiro atoms. The summed E-state index contributed by atoms with van der Waals surface area (Å²) in [7, 11) is 1.58. The van der Waals surface area contributed by atoms with Crippen LogP contribution in [0.2, 0.25) is 5.02 Å². The van der Waals surface area contributed by atoms with Gasteiger partial charge in [0.25, 0.3) is 5.56 Å². The SMILES string of the molecule is Cc1ccc(CNc2nc3c(c(=O)[nH]c(=O)n3C)n2Cc2ccccc2Cl)cc1. The van der Waals surface area contributed by atoms with Gasteiger partial charge in [0.2, 0.25) is 5.95 Å². The second-order valence-corrected chi connectivity index (χ2v) is 7.35. The third-order valence-electron chi connectivity index (χ3n) is 4.86. The Bertz CT molecular complexity index is 1300. The quantitative estimate of drug-likeness (QED) is 0.530. The van der Waals surface area contributed by atoms with Crippen molar-refractivity contribution in [2.45, 2.75) is 20.0 Å². The van der Waals surface area contributed by atoms with E-state index in [1.807, 2.05) is 49.4 Å². The van der Waals surface area contributed by atoms with E-state index in [1.54, 1.807) is 17.7 Å². The number of halogens is 1. The Balaban J connectivity index is 1.81. The molecule has 148 valence electrons. The van der Waals surface area contributed by atoms with E-state index < -0.39 is 11.2 Å². The Morgan fingerprint density at radius 1 is 1.10 bits per heavy atom. The first-order valence-electron chi connectivity index (χ1n) is 9.16. The van der Waals surface area contributed by atoms with Crippen molar-refractivity contribution in [1.29, 1.82) is 0 Å². The molecular formula is C21H20ClN5O2. The van der Waals surface area contributed by atoms with Crippen LogP contribution in [0.25, 0.3) is 11.2 Å². The zero-order valence-electron chi connectivity index (χ0n) is 16.1. The van der Waals surface area contributed by atoms with E-state index >= 15 is 0 Å². The molecule has 0 bridgehead atoms. The molecule has 2 aromatic heterocycles. The molecular weight excluding hydrogens is 390 g/mol. The monoisotopic (exact) mass is 409 g/mol. The van der Waals surface area contributed by atoms with Crippen LogP contribution in [-0.4, -0.2) is 19.1 Å². The van der Waals surface area contributed by atoms with Gasteiger partial charge in [0, 0.05) is 18.6 Å². The number of anilines is 1. The summed E-state index contributed by atoms with van der Waals surface area (Å²) < 4.78 is 3.08. The van der Waals surface area contributed by atoms with Crippen LogP contribution in [0.3, 0.4) is 0 Å². The maximum Gasteiger partial charge on any atom is 0.329 e. The average molecular weight is 410 g/mol. The van der Waals surface area contributed by atoms with Crippen molar-refractivity contribution in [2.75, 3.05) is 5.32 Å². The first-order chi connectivity index (χ1) is 13.9. The van der Waals surface area contributed by atoms with E-state index in [2.05, 4.69) is 15.3 Å². The molecule has 0 saturated carbocycles. The van der Waals surface area contributed by atoms with E-state index in [-0.39, 0.29) is 0 Å². The highest BCUT2D eigenvalue weighted by Crippen LogP contribution is 2.22. The Kier molecular flexibility index (Phi) is 4.98. The maximum atomic E-state index is 12.6. The van der Waals surface area contributed by atoms with E-state index in [1.165, 1.54) is 10.1 Å². The molecule has 0 fully saturated rings. The standard InChI is InChI=1S/C21H20ClN5O2/c1-13-7-9-14(10-8-13)11-23-20-24-18-17(19(28)25-21(29)26(18)2)27(20)12-15-5-3-4-6-16(15)22/h3-10H,11-12H2,1-2H3,(H,23,24)(H,25,28,29). The minimum Gasteiger partial charge on any atom is -0.351 e. The number of nitrogens with zero attached hydrogens (tertiary/aromatic N) is 3. The van der Waals surface area contributed by atoms with Gasteiger partial charge in [-0.15, -0.1) is 0 Å². The molecule has 0 aliphatic heterocycles. The molecule has 2 aromatic carbocycles. The number of aromatic nitrogens is 4. The maximum absolute atomic E-state index is 12.6. The molecule has 0 amide bonds. The molecule has 0 aliphatic rings. The summed E-state index contributed by atoms with van der Waals surface area (Å²) in [6.45, 7) is 2.90. The van der Waals surface area contributed by atoms with Crippen molar-refractivity contribution in [3.05, 3.63) is 91.1 Å². The van der Waals surface area contributed by atoms with Crippen molar-refractivity contribution in [2.24, 2.45) is 7.05 Å². The van der Waals surface area contributed by atoms with Crippen molar-refractivity contribution in [3.63, 3.8) is 0 Å². The molecule has 2 heterocycles. The van der Waals surface area contributed by atoms with E-state index in [4.69, 9.17) is 11.6 Å². The lowest BCUT2D eigenvalue weighted by atomic mass is 10.1. The molecule has 0 saturated heterocycles. The average Bonchev–Trinajstić information content (AvgIpc) is 3.06. The molecule has 7 nitrogen and oxygen atoms in total. The Morgan fingerprint density at radius 3 is 2.55 bits per heavy atom. The number of rotatable bonds is 5. The zero-order chi connectivity index (χ0) is 20.5. The zero-order valence-corrected chi connectivity index (χ0v) is 16.8. The summed E-state index contributed by atoms with van der Waals surface area (Å²) in [5.41, 5.74) is 2.76. The minimum atomic E-state index is -0.505. The smallest absolute Gasteiger partial charge is 0.329 e. The number of aryl methyl sites for hydroxylation is 2. The molecule has 0 aliphatic carbocycles. The van der Waals surface area contributed by atoms with Gasteiger partial charge in [0.15, 0.2) is 11.2 Å². The third-order valence-corrected chi connectivity index (χ3v) is 5.23. The lowest BCUT2D eigenvalue weighted by Crippen LogP contribution is -2.29. The van der Waals surface area contributed by atoms with Gasteiger partial charge in [-0.25, -0.2) is 4.79 Å². The van der Waals surface area contributed by atoms with Crippen LogP contribution in [0, 0.1) is 6.92 Å². The Hall–Kier alpha value is -3.32. The van der Waals surface area contributed by atoms with Gasteiger partial charge in [-0.1, -0.05) is 59.6 Å². The van der Waals surface area contributed by atoms with Crippen LogP contribution < -0.4 is 16.6 Å². The normalized spacial score (nSPS) is 11.1. The van der Waals surface area contributed by atoms with Crippen LogP contribution in [0.15, 0.2) is 58.1 Å². The van der Waals surface area contributed by atoms with Crippen molar-refractivity contribution in [1.82, 2.24) is 19.1 Å². The number of benzene rings is 2. The highest BCUT2D eigenvalue weighted by Gasteiger charge is 2.18. The molecule has 0 unspecified atom stereocenters.